The molecule has 0 spiro atoms. The second kappa shape index (κ2) is 3.61. The van der Waals surface area contributed by atoms with Gasteiger partial charge in [0.15, 0.2) is 0 Å². The Hall–Kier alpha value is -1.88. The van der Waals surface area contributed by atoms with E-state index in [1.165, 1.54) is 16.8 Å². The molecule has 0 aliphatic heterocycles. The molecule has 0 N–H and O–H groups in total. The molecule has 2 rings (SSSR count). The van der Waals surface area contributed by atoms with Gasteiger partial charge in [-0.15, -0.1) is 0 Å². The number of alkyl halides is 3. The lowest BCUT2D eigenvalue weighted by molar-refractivity contribution is -0.144. The van der Waals surface area contributed by atoms with Crippen molar-refractivity contribution in [1.29, 1.82) is 5.26 Å². The van der Waals surface area contributed by atoms with Gasteiger partial charge in [0.25, 0.3) is 0 Å². The fraction of sp³-hybridized carbons (Fsp3) is 0.125. The van der Waals surface area contributed by atoms with Gasteiger partial charge in [-0.25, -0.2) is 0 Å². The third-order valence-corrected chi connectivity index (χ3v) is 2.45. The average Bonchev–Trinajstić information content (AvgIpc) is 2.84. The Bertz CT molecular complexity index is 548. The summed E-state index contributed by atoms with van der Waals surface area (Å²) in [4.78, 5) is 3.33. The molecule has 0 aromatic carbocycles. The van der Waals surface area contributed by atoms with Crippen LogP contribution in [0.2, 0.25) is 0 Å². The fourth-order valence-corrected chi connectivity index (χ4v) is 1.75. The van der Waals surface area contributed by atoms with Crippen molar-refractivity contribution in [3.63, 3.8) is 0 Å². The first-order valence-corrected chi connectivity index (χ1v) is 4.78. The number of halogens is 3. The molecule has 0 saturated heterocycles. The van der Waals surface area contributed by atoms with Crippen LogP contribution in [-0.4, -0.2) is 13.9 Å². The summed E-state index contributed by atoms with van der Waals surface area (Å²) >= 11 is 0.594. The average molecular weight is 244 g/mol. The summed E-state index contributed by atoms with van der Waals surface area (Å²) < 4.78 is 41.1. The number of hydrogen-bond donors (Lipinski definition) is 0. The smallest absolute Gasteiger partial charge is 0.283 e. The van der Waals surface area contributed by atoms with Crippen molar-refractivity contribution >= 4 is 11.5 Å². The zero-order valence-corrected chi connectivity index (χ0v) is 8.38. The van der Waals surface area contributed by atoms with Crippen LogP contribution in [0.1, 0.15) is 11.5 Å². The molecule has 0 fully saturated rings. The predicted molar refractivity (Wildman–Crippen MR) is 49.0 cm³/mol. The zero-order valence-electron chi connectivity index (χ0n) is 7.56. The topological polar surface area (TPSA) is 54.5 Å². The van der Waals surface area contributed by atoms with Crippen LogP contribution in [0.4, 0.5) is 13.2 Å². The largest absolute Gasteiger partial charge is 0.452 e. The third kappa shape index (κ3) is 1.77. The molecule has 0 radical (unpaired) electrons. The molecule has 0 unspecified atom stereocenters. The van der Waals surface area contributed by atoms with Crippen LogP contribution < -0.4 is 0 Å². The van der Waals surface area contributed by atoms with E-state index in [4.69, 9.17) is 5.26 Å². The van der Waals surface area contributed by atoms with Gasteiger partial charge in [-0.2, -0.15) is 27.8 Å². The van der Waals surface area contributed by atoms with E-state index in [0.29, 0.717) is 11.5 Å². The summed E-state index contributed by atoms with van der Waals surface area (Å²) in [5.41, 5.74) is 0.213. The molecule has 2 heterocycles. The van der Waals surface area contributed by atoms with Crippen LogP contribution in [0.5, 0.6) is 0 Å². The number of rotatable bonds is 1. The van der Waals surface area contributed by atoms with Gasteiger partial charge >= 0.3 is 6.18 Å². The predicted octanol–water partition coefficient (Wildman–Crippen LogP) is 2.22. The lowest BCUT2D eigenvalue weighted by atomic mass is 10.5. The minimum absolute atomic E-state index is 0.0221. The van der Waals surface area contributed by atoms with Gasteiger partial charge in [0.2, 0.25) is 11.0 Å². The van der Waals surface area contributed by atoms with Crippen LogP contribution in [0.3, 0.4) is 0 Å². The van der Waals surface area contributed by atoms with Crippen molar-refractivity contribution in [2.24, 2.45) is 0 Å². The van der Waals surface area contributed by atoms with Gasteiger partial charge in [0.1, 0.15) is 11.8 Å². The Morgan fingerprint density at radius 2 is 2.19 bits per heavy atom. The van der Waals surface area contributed by atoms with E-state index >= 15 is 0 Å². The van der Waals surface area contributed by atoms with Gasteiger partial charge in [-0.05, 0) is 12.1 Å². The Balaban J connectivity index is 2.44. The monoisotopic (exact) mass is 244 g/mol. The van der Waals surface area contributed by atoms with E-state index in [1.54, 1.807) is 6.07 Å². The summed E-state index contributed by atoms with van der Waals surface area (Å²) in [6, 6.07) is 4.87. The van der Waals surface area contributed by atoms with Crippen molar-refractivity contribution in [1.82, 2.24) is 13.9 Å². The molecule has 4 nitrogen and oxygen atoms in total. The van der Waals surface area contributed by atoms with E-state index in [-0.39, 0.29) is 10.8 Å². The fourth-order valence-electron chi connectivity index (χ4n) is 1.07. The molecule has 0 aliphatic rings. The lowest BCUT2D eigenvalue weighted by Gasteiger charge is -1.99. The van der Waals surface area contributed by atoms with Gasteiger partial charge in [0, 0.05) is 17.7 Å². The first-order valence-electron chi connectivity index (χ1n) is 4.01. The van der Waals surface area contributed by atoms with E-state index in [9.17, 15) is 13.2 Å². The summed E-state index contributed by atoms with van der Waals surface area (Å²) in [5.74, 6) is -1.19. The van der Waals surface area contributed by atoms with Gasteiger partial charge in [-0.3, -0.25) is 4.57 Å². The van der Waals surface area contributed by atoms with Crippen LogP contribution >= 0.6 is 11.5 Å². The molecular weight excluding hydrogens is 241 g/mol. The number of nitriles is 1. The van der Waals surface area contributed by atoms with Gasteiger partial charge in [0.05, 0.1) is 0 Å². The molecule has 0 amide bonds. The number of nitrogens with zero attached hydrogens (tertiary/aromatic N) is 4. The molecular formula is C8H3F3N4S. The highest BCUT2D eigenvalue weighted by Crippen LogP contribution is 2.28. The standard InChI is InChI=1S/C8H3F3N4S/c9-8(10,11)6-13-7(16-14-6)15-3-1-2-5(15)4-12/h1-3H. The molecule has 2 aromatic rings. The maximum Gasteiger partial charge on any atom is 0.452 e. The normalized spacial score (nSPS) is 11.4. The summed E-state index contributed by atoms with van der Waals surface area (Å²) in [7, 11) is 0. The molecule has 16 heavy (non-hydrogen) atoms. The third-order valence-electron chi connectivity index (χ3n) is 1.74. The van der Waals surface area contributed by atoms with Crippen molar-refractivity contribution in [3.8, 4) is 11.2 Å². The molecule has 8 heteroatoms. The van der Waals surface area contributed by atoms with Crippen molar-refractivity contribution in [3.05, 3.63) is 29.8 Å². The Morgan fingerprint density at radius 3 is 2.75 bits per heavy atom. The number of hydrogen-bond acceptors (Lipinski definition) is 4. The van der Waals surface area contributed by atoms with Crippen molar-refractivity contribution in [2.75, 3.05) is 0 Å². The Labute approximate surface area is 91.7 Å². The summed E-state index contributed by atoms with van der Waals surface area (Å²) in [6.45, 7) is 0. The molecule has 0 bridgehead atoms. The molecule has 0 atom stereocenters. The van der Waals surface area contributed by atoms with E-state index < -0.39 is 12.0 Å². The first kappa shape index (κ1) is 10.6. The van der Waals surface area contributed by atoms with Crippen LogP contribution in [0, 0.1) is 11.3 Å². The van der Waals surface area contributed by atoms with Gasteiger partial charge < -0.3 is 0 Å². The van der Waals surface area contributed by atoms with E-state index in [1.807, 2.05) is 6.07 Å². The van der Waals surface area contributed by atoms with Crippen LogP contribution in [-0.2, 0) is 6.18 Å². The SMILES string of the molecule is N#Cc1cccn1-c1nc(C(F)(F)F)ns1. The molecule has 0 aliphatic carbocycles. The summed E-state index contributed by atoms with van der Waals surface area (Å²) in [6.07, 6.45) is -3.10. The van der Waals surface area contributed by atoms with Crippen molar-refractivity contribution < 1.29 is 13.2 Å². The van der Waals surface area contributed by atoms with E-state index in [0.717, 1.165) is 0 Å². The minimum Gasteiger partial charge on any atom is -0.283 e. The van der Waals surface area contributed by atoms with Gasteiger partial charge in [-0.1, -0.05) is 0 Å². The zero-order chi connectivity index (χ0) is 11.8. The minimum atomic E-state index is -4.56. The highest BCUT2D eigenvalue weighted by Gasteiger charge is 2.36. The second-order valence-electron chi connectivity index (χ2n) is 2.77. The summed E-state index contributed by atoms with van der Waals surface area (Å²) in [5, 5.41) is 8.72. The highest BCUT2D eigenvalue weighted by atomic mass is 32.1. The highest BCUT2D eigenvalue weighted by molar-refractivity contribution is 7.08. The van der Waals surface area contributed by atoms with Crippen LogP contribution in [0.15, 0.2) is 18.3 Å². The maximum atomic E-state index is 12.2. The van der Waals surface area contributed by atoms with E-state index in [2.05, 4.69) is 9.36 Å². The molecule has 2 aromatic heterocycles. The lowest BCUT2D eigenvalue weighted by Crippen LogP contribution is -2.07. The number of aromatic nitrogens is 3. The molecule has 0 saturated carbocycles. The first-order chi connectivity index (χ1) is 7.52. The Kier molecular flexibility index (Phi) is 2.40. The quantitative estimate of drug-likeness (QED) is 0.772. The second-order valence-corrected chi connectivity index (χ2v) is 3.50. The van der Waals surface area contributed by atoms with Crippen LogP contribution in [0.25, 0.3) is 5.13 Å². The molecule has 82 valence electrons. The van der Waals surface area contributed by atoms with Crippen molar-refractivity contribution in [2.45, 2.75) is 6.18 Å². The maximum absolute atomic E-state index is 12.2. The Morgan fingerprint density at radius 1 is 1.44 bits per heavy atom.